The van der Waals surface area contributed by atoms with E-state index in [1.807, 2.05) is 0 Å². The van der Waals surface area contributed by atoms with E-state index in [9.17, 15) is 4.79 Å². The fourth-order valence-corrected chi connectivity index (χ4v) is 5.42. The van der Waals surface area contributed by atoms with Gasteiger partial charge in [0.1, 0.15) is 0 Å². The second-order valence-corrected chi connectivity index (χ2v) is 8.79. The van der Waals surface area contributed by atoms with Gasteiger partial charge < -0.3 is 4.90 Å². The van der Waals surface area contributed by atoms with Crippen LogP contribution in [0.1, 0.15) is 49.7 Å². The summed E-state index contributed by atoms with van der Waals surface area (Å²) in [6, 6.07) is 6.70. The molecule has 1 saturated carbocycles. The molecule has 0 radical (unpaired) electrons. The monoisotopic (exact) mass is 385 g/mol. The Labute approximate surface area is 164 Å². The Kier molecular flexibility index (Phi) is 5.48. The third kappa shape index (κ3) is 4.03. The number of hydrogen-bond acceptors (Lipinski definition) is 5. The molecular weight excluding hydrogens is 358 g/mol. The Morgan fingerprint density at radius 1 is 1.11 bits per heavy atom. The van der Waals surface area contributed by atoms with E-state index in [0.717, 1.165) is 18.7 Å². The maximum Gasteiger partial charge on any atom is 0.233 e. The first-order valence-electron chi connectivity index (χ1n) is 9.91. The number of amides is 1. The van der Waals surface area contributed by atoms with Gasteiger partial charge in [-0.2, -0.15) is 4.68 Å². The van der Waals surface area contributed by atoms with Gasteiger partial charge in [0.25, 0.3) is 0 Å². The van der Waals surface area contributed by atoms with Crippen molar-refractivity contribution in [3.05, 3.63) is 29.3 Å². The molecule has 2 fully saturated rings. The van der Waals surface area contributed by atoms with E-state index in [1.54, 1.807) is 4.68 Å². The lowest BCUT2D eigenvalue weighted by atomic mass is 9.78. The van der Waals surface area contributed by atoms with E-state index in [4.69, 9.17) is 0 Å². The van der Waals surface area contributed by atoms with Gasteiger partial charge in [0.2, 0.25) is 11.1 Å². The highest BCUT2D eigenvalue weighted by Crippen LogP contribution is 2.35. The summed E-state index contributed by atoms with van der Waals surface area (Å²) in [5.41, 5.74) is 3.28. The van der Waals surface area contributed by atoms with Crippen molar-refractivity contribution in [2.45, 2.75) is 63.6 Å². The summed E-state index contributed by atoms with van der Waals surface area (Å²) in [4.78, 5) is 15.1. The van der Waals surface area contributed by atoms with E-state index in [2.05, 4.69) is 52.5 Å². The number of likely N-dealkylation sites (tertiary alicyclic amines) is 1. The number of aryl methyl sites for hydroxylation is 2. The normalized spacial score (nSPS) is 22.5. The zero-order valence-corrected chi connectivity index (χ0v) is 16.9. The summed E-state index contributed by atoms with van der Waals surface area (Å²) in [6.07, 6.45) is 7.45. The van der Waals surface area contributed by atoms with Crippen molar-refractivity contribution in [1.82, 2.24) is 25.1 Å². The highest BCUT2D eigenvalue weighted by molar-refractivity contribution is 7.99. The lowest BCUT2D eigenvalue weighted by Gasteiger charge is -2.44. The second-order valence-electron chi connectivity index (χ2n) is 7.85. The van der Waals surface area contributed by atoms with Gasteiger partial charge in [-0.3, -0.25) is 4.79 Å². The Morgan fingerprint density at radius 2 is 1.85 bits per heavy atom. The van der Waals surface area contributed by atoms with Gasteiger partial charge in [-0.1, -0.05) is 30.7 Å². The van der Waals surface area contributed by atoms with E-state index in [1.165, 1.54) is 55.0 Å². The van der Waals surface area contributed by atoms with Crippen LogP contribution in [0.25, 0.3) is 5.69 Å². The molecular formula is C20H27N5OS. The molecule has 2 heterocycles. The molecule has 2 aromatic rings. The Morgan fingerprint density at radius 3 is 2.67 bits per heavy atom. The molecule has 0 bridgehead atoms. The molecule has 6 nitrogen and oxygen atoms in total. The molecule has 4 rings (SSSR count). The minimum Gasteiger partial charge on any atom is -0.339 e. The van der Waals surface area contributed by atoms with Crippen LogP contribution in [0, 0.1) is 19.8 Å². The number of hydrogen-bond donors (Lipinski definition) is 0. The fraction of sp³-hybridized carbons (Fsp3) is 0.600. The van der Waals surface area contributed by atoms with Crippen LogP contribution in [0.4, 0.5) is 0 Å². The topological polar surface area (TPSA) is 63.9 Å². The van der Waals surface area contributed by atoms with Crippen molar-refractivity contribution in [2.24, 2.45) is 5.92 Å². The van der Waals surface area contributed by atoms with Crippen molar-refractivity contribution in [1.29, 1.82) is 0 Å². The van der Waals surface area contributed by atoms with Gasteiger partial charge in [-0.25, -0.2) is 0 Å². The Hall–Kier alpha value is -1.89. The van der Waals surface area contributed by atoms with Gasteiger partial charge >= 0.3 is 0 Å². The predicted molar refractivity (Wildman–Crippen MR) is 106 cm³/mol. The predicted octanol–water partition coefficient (Wildman–Crippen LogP) is 3.55. The average Bonchev–Trinajstić information content (AvgIpc) is 3.13. The van der Waals surface area contributed by atoms with Crippen molar-refractivity contribution < 1.29 is 4.79 Å². The van der Waals surface area contributed by atoms with Gasteiger partial charge in [-0.05, 0) is 79.1 Å². The first kappa shape index (κ1) is 18.5. The third-order valence-corrected chi connectivity index (χ3v) is 6.68. The fourth-order valence-electron chi connectivity index (χ4n) is 4.65. The highest BCUT2D eigenvalue weighted by Gasteiger charge is 2.35. The zero-order valence-electron chi connectivity index (χ0n) is 16.1. The summed E-state index contributed by atoms with van der Waals surface area (Å²) in [5, 5.41) is 12.8. The quantitative estimate of drug-likeness (QED) is 0.753. The van der Waals surface area contributed by atoms with Crippen molar-refractivity contribution in [2.75, 3.05) is 12.3 Å². The molecule has 27 heavy (non-hydrogen) atoms. The minimum absolute atomic E-state index is 0.228. The molecule has 1 amide bonds. The maximum atomic E-state index is 12.9. The lowest BCUT2D eigenvalue weighted by molar-refractivity contribution is -0.134. The first-order chi connectivity index (χ1) is 13.1. The molecule has 144 valence electrons. The summed E-state index contributed by atoms with van der Waals surface area (Å²) >= 11 is 1.44. The average molecular weight is 386 g/mol. The molecule has 1 aromatic carbocycles. The number of carbonyl (C=O) groups excluding carboxylic acids is 1. The van der Waals surface area contributed by atoms with E-state index < -0.39 is 0 Å². The summed E-state index contributed by atoms with van der Waals surface area (Å²) in [7, 11) is 0. The molecule has 2 aliphatic rings. The summed E-state index contributed by atoms with van der Waals surface area (Å²) in [5.74, 6) is 1.34. The second kappa shape index (κ2) is 8.00. The van der Waals surface area contributed by atoms with Gasteiger partial charge in [0, 0.05) is 12.6 Å². The van der Waals surface area contributed by atoms with Crippen LogP contribution < -0.4 is 0 Å². The molecule has 0 unspecified atom stereocenters. The molecule has 7 heteroatoms. The third-order valence-electron chi connectivity index (χ3n) is 5.78. The van der Waals surface area contributed by atoms with Crippen LogP contribution in [0.5, 0.6) is 0 Å². The van der Waals surface area contributed by atoms with E-state index in [0.29, 0.717) is 22.9 Å². The van der Waals surface area contributed by atoms with E-state index >= 15 is 0 Å². The molecule has 1 aliphatic carbocycles. The number of rotatable bonds is 4. The summed E-state index contributed by atoms with van der Waals surface area (Å²) < 4.78 is 1.73. The molecule has 1 saturated heterocycles. The van der Waals surface area contributed by atoms with E-state index in [-0.39, 0.29) is 5.91 Å². The molecule has 0 spiro atoms. The number of benzene rings is 1. The van der Waals surface area contributed by atoms with Crippen LogP contribution in [-0.4, -0.2) is 49.4 Å². The number of aromatic nitrogens is 4. The number of carbonyl (C=O) groups is 1. The number of fused-ring (bicyclic) bond motifs is 1. The van der Waals surface area contributed by atoms with Crippen LogP contribution in [0.2, 0.25) is 0 Å². The zero-order chi connectivity index (χ0) is 18.8. The number of piperidine rings is 1. The van der Waals surface area contributed by atoms with Crippen molar-refractivity contribution >= 4 is 17.7 Å². The van der Waals surface area contributed by atoms with Crippen molar-refractivity contribution in [3.63, 3.8) is 0 Å². The van der Waals surface area contributed by atoms with Crippen LogP contribution in [0.15, 0.2) is 23.4 Å². The van der Waals surface area contributed by atoms with Crippen LogP contribution in [0.3, 0.4) is 0 Å². The molecule has 2 atom stereocenters. The smallest absolute Gasteiger partial charge is 0.233 e. The van der Waals surface area contributed by atoms with Gasteiger partial charge in [0.05, 0.1) is 11.4 Å². The number of nitrogens with zero attached hydrogens (tertiary/aromatic N) is 5. The van der Waals surface area contributed by atoms with Crippen LogP contribution in [-0.2, 0) is 4.79 Å². The highest BCUT2D eigenvalue weighted by atomic mass is 32.2. The van der Waals surface area contributed by atoms with Gasteiger partial charge in [-0.15, -0.1) is 5.10 Å². The molecule has 0 N–H and O–H groups in total. The maximum absolute atomic E-state index is 12.9. The molecule has 1 aliphatic heterocycles. The standard InChI is InChI=1S/C20H27N5OS/c1-14-10-15(2)12-17(11-14)25-20(21-22-23-25)27-13-19(26)24-9-5-7-16-6-3-4-8-18(16)24/h10-12,16,18H,3-9,13H2,1-2H3/t16-,18+/m1/s1. The SMILES string of the molecule is Cc1cc(C)cc(-n2nnnc2SCC(=O)N2CCC[C@H]3CCCC[C@@H]32)c1. The first-order valence-corrected chi connectivity index (χ1v) is 10.9. The molecule has 1 aromatic heterocycles. The van der Waals surface area contributed by atoms with Crippen molar-refractivity contribution in [3.8, 4) is 5.69 Å². The van der Waals surface area contributed by atoms with Crippen LogP contribution >= 0.6 is 11.8 Å². The Balaban J connectivity index is 1.45. The minimum atomic E-state index is 0.228. The number of tetrazole rings is 1. The van der Waals surface area contributed by atoms with Gasteiger partial charge in [0.15, 0.2) is 0 Å². The Bertz CT molecular complexity index is 798. The summed E-state index contributed by atoms with van der Waals surface area (Å²) in [6.45, 7) is 5.03. The number of thioether (sulfide) groups is 1. The largest absolute Gasteiger partial charge is 0.339 e. The lowest BCUT2D eigenvalue weighted by Crippen LogP contribution is -2.50.